The minimum atomic E-state index is 0.784. The highest BCUT2D eigenvalue weighted by Gasteiger charge is 2.11. The number of nitrogens with two attached hydrogens (primary N) is 1. The molecule has 0 radical (unpaired) electrons. The molecule has 0 aliphatic rings. The summed E-state index contributed by atoms with van der Waals surface area (Å²) in [7, 11) is 2.02. The number of nitrogens with zero attached hydrogens (tertiary/aromatic N) is 2. The van der Waals surface area contributed by atoms with Gasteiger partial charge in [0.1, 0.15) is 0 Å². The van der Waals surface area contributed by atoms with E-state index < -0.39 is 0 Å². The van der Waals surface area contributed by atoms with Crippen LogP contribution >= 0.6 is 0 Å². The number of rotatable bonds is 2. The number of hydrogen-bond donors (Lipinski definition) is 2. The number of benzene rings is 2. The molecule has 3 rings (SSSR count). The lowest BCUT2D eigenvalue weighted by molar-refractivity contribution is 1.19. The normalized spacial score (nSPS) is 10.8. The van der Waals surface area contributed by atoms with Crippen molar-refractivity contribution in [3.63, 3.8) is 0 Å². The van der Waals surface area contributed by atoms with Crippen LogP contribution in [0.25, 0.3) is 11.0 Å². The number of hydrogen-bond acceptors (Lipinski definition) is 3. The van der Waals surface area contributed by atoms with E-state index in [9.17, 15) is 0 Å². The fraction of sp³-hybridized carbons (Fsp3) is 0.133. The maximum absolute atomic E-state index is 6.09. The number of nitrogens with one attached hydrogen (secondary N) is 1. The van der Waals surface area contributed by atoms with Gasteiger partial charge in [-0.3, -0.25) is 0 Å². The van der Waals surface area contributed by atoms with Crippen LogP contribution in [-0.2, 0) is 0 Å². The van der Waals surface area contributed by atoms with Crippen LogP contribution in [-0.4, -0.2) is 17.0 Å². The zero-order chi connectivity index (χ0) is 13.4. The highest BCUT2D eigenvalue weighted by atomic mass is 15.1. The van der Waals surface area contributed by atoms with Crippen molar-refractivity contribution in [1.29, 1.82) is 0 Å². The van der Waals surface area contributed by atoms with E-state index in [1.807, 2.05) is 25.2 Å². The fourth-order valence-electron chi connectivity index (χ4n) is 2.40. The Labute approximate surface area is 111 Å². The Morgan fingerprint density at radius 3 is 2.84 bits per heavy atom. The molecule has 4 nitrogen and oxygen atoms in total. The minimum absolute atomic E-state index is 0.784. The molecule has 0 unspecified atom stereocenters. The summed E-state index contributed by atoms with van der Waals surface area (Å²) in [6.07, 6.45) is 1.70. The zero-order valence-electron chi connectivity index (χ0n) is 11.0. The SMILES string of the molecule is Cc1cccc(N)c1N(C)c1ccc2nc[nH]c2c1. The Balaban J connectivity index is 2.10. The van der Waals surface area contributed by atoms with Gasteiger partial charge >= 0.3 is 0 Å². The fourth-order valence-corrected chi connectivity index (χ4v) is 2.40. The Morgan fingerprint density at radius 2 is 2.05 bits per heavy atom. The Morgan fingerprint density at radius 1 is 1.21 bits per heavy atom. The summed E-state index contributed by atoms with van der Waals surface area (Å²) in [5.41, 5.74) is 12.2. The van der Waals surface area contributed by atoms with Crippen LogP contribution in [0.3, 0.4) is 0 Å². The maximum Gasteiger partial charge on any atom is 0.0931 e. The van der Waals surface area contributed by atoms with Gasteiger partial charge in [0.2, 0.25) is 0 Å². The first-order valence-corrected chi connectivity index (χ1v) is 6.19. The summed E-state index contributed by atoms with van der Waals surface area (Å²) < 4.78 is 0. The van der Waals surface area contributed by atoms with Crippen LogP contribution in [0.15, 0.2) is 42.7 Å². The molecule has 0 amide bonds. The molecule has 0 saturated heterocycles. The molecule has 1 aromatic heterocycles. The van der Waals surface area contributed by atoms with Crippen molar-refractivity contribution in [2.24, 2.45) is 0 Å². The predicted molar refractivity (Wildman–Crippen MR) is 79.7 cm³/mol. The largest absolute Gasteiger partial charge is 0.397 e. The second-order valence-corrected chi connectivity index (χ2v) is 4.68. The number of aryl methyl sites for hydroxylation is 1. The average Bonchev–Trinajstić information content (AvgIpc) is 2.85. The lowest BCUT2D eigenvalue weighted by Crippen LogP contribution is -2.13. The van der Waals surface area contributed by atoms with Gasteiger partial charge in [-0.15, -0.1) is 0 Å². The molecule has 1 heterocycles. The van der Waals surface area contributed by atoms with Crippen molar-refractivity contribution in [3.8, 4) is 0 Å². The molecule has 96 valence electrons. The number of imidazole rings is 1. The predicted octanol–water partition coefficient (Wildman–Crippen LogP) is 3.22. The van der Waals surface area contributed by atoms with E-state index in [1.165, 1.54) is 0 Å². The number of aromatic nitrogens is 2. The van der Waals surface area contributed by atoms with Gasteiger partial charge in [0.15, 0.2) is 0 Å². The smallest absolute Gasteiger partial charge is 0.0931 e. The van der Waals surface area contributed by atoms with Gasteiger partial charge in [-0.05, 0) is 36.8 Å². The van der Waals surface area contributed by atoms with Crippen molar-refractivity contribution < 1.29 is 0 Å². The Kier molecular flexibility index (Phi) is 2.63. The summed E-state index contributed by atoms with van der Waals surface area (Å²) >= 11 is 0. The van der Waals surface area contributed by atoms with Gasteiger partial charge in [0.05, 0.1) is 28.7 Å². The highest BCUT2D eigenvalue weighted by molar-refractivity contribution is 5.83. The molecular weight excluding hydrogens is 236 g/mol. The molecule has 0 aliphatic heterocycles. The standard InChI is InChI=1S/C15H16N4/c1-10-4-3-5-12(16)15(10)19(2)11-6-7-13-14(8-11)18-9-17-13/h3-9H,16H2,1-2H3,(H,17,18). The van der Waals surface area contributed by atoms with E-state index in [2.05, 4.69) is 40.0 Å². The van der Waals surface area contributed by atoms with Gasteiger partial charge in [0, 0.05) is 12.7 Å². The van der Waals surface area contributed by atoms with E-state index in [0.29, 0.717) is 0 Å². The Hall–Kier alpha value is -2.49. The third kappa shape index (κ3) is 1.91. The van der Waals surface area contributed by atoms with Gasteiger partial charge in [0.25, 0.3) is 0 Å². The van der Waals surface area contributed by atoms with E-state index >= 15 is 0 Å². The van der Waals surface area contributed by atoms with Crippen molar-refractivity contribution in [2.45, 2.75) is 6.92 Å². The molecule has 3 N–H and O–H groups in total. The zero-order valence-corrected chi connectivity index (χ0v) is 11.0. The van der Waals surface area contributed by atoms with Gasteiger partial charge in [-0.1, -0.05) is 12.1 Å². The van der Waals surface area contributed by atoms with E-state index in [0.717, 1.165) is 33.7 Å². The van der Waals surface area contributed by atoms with Gasteiger partial charge in [-0.25, -0.2) is 4.98 Å². The van der Waals surface area contributed by atoms with Crippen LogP contribution in [0.1, 0.15) is 5.56 Å². The molecular formula is C15H16N4. The second-order valence-electron chi connectivity index (χ2n) is 4.68. The number of para-hydroxylation sites is 1. The Bertz CT molecular complexity index is 710. The van der Waals surface area contributed by atoms with Crippen LogP contribution in [0.5, 0.6) is 0 Å². The van der Waals surface area contributed by atoms with Crippen LogP contribution in [0.4, 0.5) is 17.1 Å². The van der Waals surface area contributed by atoms with Crippen LogP contribution < -0.4 is 10.6 Å². The van der Waals surface area contributed by atoms with Gasteiger partial charge in [-0.2, -0.15) is 0 Å². The summed E-state index contributed by atoms with van der Waals surface area (Å²) in [4.78, 5) is 9.46. The summed E-state index contributed by atoms with van der Waals surface area (Å²) in [6, 6.07) is 12.1. The third-order valence-corrected chi connectivity index (χ3v) is 3.40. The molecule has 0 atom stereocenters. The molecule has 2 aromatic carbocycles. The first kappa shape index (κ1) is 11.6. The third-order valence-electron chi connectivity index (χ3n) is 3.40. The quantitative estimate of drug-likeness (QED) is 0.688. The van der Waals surface area contributed by atoms with E-state index in [-0.39, 0.29) is 0 Å². The molecule has 0 aliphatic carbocycles. The summed E-state index contributed by atoms with van der Waals surface area (Å²) in [5.74, 6) is 0. The number of nitrogen functional groups attached to an aromatic ring is 1. The number of anilines is 3. The number of aromatic amines is 1. The number of fused-ring (bicyclic) bond motifs is 1. The maximum atomic E-state index is 6.09. The molecule has 0 saturated carbocycles. The minimum Gasteiger partial charge on any atom is -0.397 e. The topological polar surface area (TPSA) is 57.9 Å². The van der Waals surface area contributed by atoms with Crippen LogP contribution in [0.2, 0.25) is 0 Å². The van der Waals surface area contributed by atoms with Crippen molar-refractivity contribution in [2.75, 3.05) is 17.7 Å². The van der Waals surface area contributed by atoms with Gasteiger partial charge < -0.3 is 15.6 Å². The molecule has 3 aromatic rings. The molecule has 0 bridgehead atoms. The molecule has 4 heteroatoms. The number of H-pyrrole nitrogens is 1. The average molecular weight is 252 g/mol. The van der Waals surface area contributed by atoms with E-state index in [1.54, 1.807) is 6.33 Å². The van der Waals surface area contributed by atoms with Crippen molar-refractivity contribution in [3.05, 3.63) is 48.3 Å². The summed E-state index contributed by atoms with van der Waals surface area (Å²) in [6.45, 7) is 2.07. The lowest BCUT2D eigenvalue weighted by Gasteiger charge is -2.23. The van der Waals surface area contributed by atoms with E-state index in [4.69, 9.17) is 5.73 Å². The van der Waals surface area contributed by atoms with Crippen molar-refractivity contribution in [1.82, 2.24) is 9.97 Å². The highest BCUT2D eigenvalue weighted by Crippen LogP contribution is 2.32. The first-order chi connectivity index (χ1) is 9.16. The van der Waals surface area contributed by atoms with Crippen molar-refractivity contribution >= 4 is 28.1 Å². The second kappa shape index (κ2) is 4.31. The molecule has 19 heavy (non-hydrogen) atoms. The lowest BCUT2D eigenvalue weighted by atomic mass is 10.1. The molecule has 0 fully saturated rings. The first-order valence-electron chi connectivity index (χ1n) is 6.19. The van der Waals surface area contributed by atoms with Crippen LogP contribution in [0, 0.1) is 6.92 Å². The monoisotopic (exact) mass is 252 g/mol. The summed E-state index contributed by atoms with van der Waals surface area (Å²) in [5, 5.41) is 0. The molecule has 0 spiro atoms.